The highest BCUT2D eigenvalue weighted by atomic mass is 32.2. The zero-order chi connectivity index (χ0) is 19.3. The van der Waals surface area contributed by atoms with Crippen LogP contribution in [0.1, 0.15) is 30.1 Å². The van der Waals surface area contributed by atoms with Crippen molar-refractivity contribution in [3.05, 3.63) is 29.8 Å². The molecule has 11 heteroatoms. The highest BCUT2D eigenvalue weighted by molar-refractivity contribution is 7.89. The molecule has 4 amide bonds. The molecule has 1 heterocycles. The van der Waals surface area contributed by atoms with Gasteiger partial charge in [0.25, 0.3) is 11.8 Å². The Morgan fingerprint density at radius 1 is 1.08 bits per heavy atom. The Balaban J connectivity index is 1.96. The molecule has 0 aromatic heterocycles. The highest BCUT2D eigenvalue weighted by Crippen LogP contribution is 2.20. The lowest BCUT2D eigenvalue weighted by atomic mass is 10.2. The first kappa shape index (κ1) is 19.7. The van der Waals surface area contributed by atoms with Gasteiger partial charge in [0, 0.05) is 18.7 Å². The molecule has 1 aliphatic heterocycles. The zero-order valence-electron chi connectivity index (χ0n) is 14.2. The fraction of sp³-hybridized carbons (Fsp3) is 0.400. The smallest absolute Gasteiger partial charge is 0.312 e. The van der Waals surface area contributed by atoms with Crippen LogP contribution in [0.4, 0.5) is 4.79 Å². The average Bonchev–Trinajstić information content (AvgIpc) is 3.14. The third-order valence-corrected chi connectivity index (χ3v) is 5.78. The minimum Gasteiger partial charge on any atom is -0.352 e. The van der Waals surface area contributed by atoms with Crippen molar-refractivity contribution in [3.8, 4) is 0 Å². The van der Waals surface area contributed by atoms with E-state index in [1.54, 1.807) is 0 Å². The number of nitrogens with two attached hydrogens (primary N) is 1. The molecule has 1 unspecified atom stereocenters. The van der Waals surface area contributed by atoms with Gasteiger partial charge < -0.3 is 11.1 Å². The third-order valence-electron chi connectivity index (χ3n) is 3.87. The molecule has 0 aliphatic carbocycles. The van der Waals surface area contributed by atoms with Crippen molar-refractivity contribution < 1.29 is 22.8 Å². The van der Waals surface area contributed by atoms with E-state index in [4.69, 9.17) is 5.73 Å². The summed E-state index contributed by atoms with van der Waals surface area (Å²) in [6.45, 7) is 2.38. The Morgan fingerprint density at radius 2 is 1.65 bits per heavy atom. The number of amides is 4. The monoisotopic (exact) mass is 383 g/mol. The molecule has 0 bridgehead atoms. The van der Waals surface area contributed by atoms with Gasteiger partial charge in [-0.2, -0.15) is 4.31 Å². The Morgan fingerprint density at radius 3 is 2.19 bits per heavy atom. The van der Waals surface area contributed by atoms with E-state index in [0.717, 1.165) is 12.8 Å². The summed E-state index contributed by atoms with van der Waals surface area (Å²) in [5.74, 6) is -1.29. The lowest BCUT2D eigenvalue weighted by Crippen LogP contribution is -2.52. The lowest BCUT2D eigenvalue weighted by Gasteiger charge is -2.16. The predicted molar refractivity (Wildman–Crippen MR) is 92.2 cm³/mol. The fourth-order valence-corrected chi connectivity index (χ4v) is 3.95. The number of nitrogens with zero attached hydrogens (tertiary/aromatic N) is 1. The standard InChI is InChI=1S/C15H21N5O5S/c1-10(17-15(16)23)13(21)18-19-14(22)11-4-6-12(7-5-11)26(24,25)20-8-2-3-9-20/h4-7,10H,2-3,8-9H2,1H3,(H,18,21)(H,19,22)(H3,16,17,23). The summed E-state index contributed by atoms with van der Waals surface area (Å²) in [7, 11) is -3.55. The quantitative estimate of drug-likeness (QED) is 0.495. The van der Waals surface area contributed by atoms with Crippen molar-refractivity contribution in [3.63, 3.8) is 0 Å². The van der Waals surface area contributed by atoms with Crippen molar-refractivity contribution in [1.29, 1.82) is 0 Å². The molecule has 0 radical (unpaired) electrons. The second kappa shape index (κ2) is 8.15. The number of sulfonamides is 1. The Labute approximate surface area is 151 Å². The molecule has 1 saturated heterocycles. The van der Waals surface area contributed by atoms with Gasteiger partial charge in [-0.25, -0.2) is 13.2 Å². The molecule has 0 saturated carbocycles. The number of benzene rings is 1. The Kier molecular flexibility index (Phi) is 6.16. The van der Waals surface area contributed by atoms with Gasteiger partial charge in [-0.1, -0.05) is 0 Å². The van der Waals surface area contributed by atoms with Crippen molar-refractivity contribution in [2.24, 2.45) is 5.73 Å². The van der Waals surface area contributed by atoms with E-state index in [0.29, 0.717) is 13.1 Å². The summed E-state index contributed by atoms with van der Waals surface area (Å²) in [6.07, 6.45) is 1.67. The summed E-state index contributed by atoms with van der Waals surface area (Å²) in [5, 5.41) is 2.16. The van der Waals surface area contributed by atoms with Gasteiger partial charge in [-0.3, -0.25) is 20.4 Å². The second-order valence-electron chi connectivity index (χ2n) is 5.81. The number of hydrazine groups is 1. The maximum atomic E-state index is 12.4. The van der Waals surface area contributed by atoms with Crippen LogP contribution in [0.5, 0.6) is 0 Å². The first-order valence-electron chi connectivity index (χ1n) is 7.98. The summed E-state index contributed by atoms with van der Waals surface area (Å²) >= 11 is 0. The number of carbonyl (C=O) groups excluding carboxylic acids is 3. The largest absolute Gasteiger partial charge is 0.352 e. The van der Waals surface area contributed by atoms with E-state index in [-0.39, 0.29) is 10.5 Å². The number of urea groups is 1. The zero-order valence-corrected chi connectivity index (χ0v) is 15.0. The van der Waals surface area contributed by atoms with E-state index >= 15 is 0 Å². The SMILES string of the molecule is CC(NC(N)=O)C(=O)NNC(=O)c1ccc(S(=O)(=O)N2CCCC2)cc1. The normalized spacial score (nSPS) is 15.9. The van der Waals surface area contributed by atoms with Crippen molar-refractivity contribution in [1.82, 2.24) is 20.5 Å². The molecule has 0 spiro atoms. The molecule has 26 heavy (non-hydrogen) atoms. The van der Waals surface area contributed by atoms with Gasteiger partial charge in [0.15, 0.2) is 0 Å². The third kappa shape index (κ3) is 4.70. The summed E-state index contributed by atoms with van der Waals surface area (Å²) in [6, 6.07) is 3.61. The van der Waals surface area contributed by atoms with Crippen LogP contribution in [0.3, 0.4) is 0 Å². The molecule has 1 aliphatic rings. The van der Waals surface area contributed by atoms with Gasteiger partial charge in [0.2, 0.25) is 10.0 Å². The van der Waals surface area contributed by atoms with Gasteiger partial charge in [0.1, 0.15) is 6.04 Å². The summed E-state index contributed by atoms with van der Waals surface area (Å²) in [5.41, 5.74) is 9.39. The minimum absolute atomic E-state index is 0.110. The highest BCUT2D eigenvalue weighted by Gasteiger charge is 2.27. The van der Waals surface area contributed by atoms with Crippen LogP contribution in [0.15, 0.2) is 29.2 Å². The molecule has 1 fully saturated rings. The van der Waals surface area contributed by atoms with E-state index in [1.807, 2.05) is 0 Å². The molecule has 2 rings (SSSR count). The summed E-state index contributed by atoms with van der Waals surface area (Å²) < 4.78 is 26.2. The maximum absolute atomic E-state index is 12.4. The van der Waals surface area contributed by atoms with Crippen molar-refractivity contribution in [2.45, 2.75) is 30.7 Å². The number of hydrogen-bond donors (Lipinski definition) is 4. The second-order valence-corrected chi connectivity index (χ2v) is 7.75. The fourth-order valence-electron chi connectivity index (χ4n) is 2.43. The molecule has 5 N–H and O–H groups in total. The van der Waals surface area contributed by atoms with Gasteiger partial charge in [0.05, 0.1) is 4.90 Å². The molecule has 1 aromatic carbocycles. The van der Waals surface area contributed by atoms with Crippen LogP contribution in [-0.2, 0) is 14.8 Å². The molecule has 10 nitrogen and oxygen atoms in total. The number of rotatable bonds is 5. The van der Waals surface area contributed by atoms with Gasteiger partial charge >= 0.3 is 6.03 Å². The number of hydrogen-bond acceptors (Lipinski definition) is 5. The van der Waals surface area contributed by atoms with Crippen molar-refractivity contribution >= 4 is 27.9 Å². The Bertz CT molecular complexity index is 787. The minimum atomic E-state index is -3.55. The van der Waals surface area contributed by atoms with E-state index < -0.39 is 33.9 Å². The van der Waals surface area contributed by atoms with Crippen LogP contribution in [0.25, 0.3) is 0 Å². The van der Waals surface area contributed by atoms with E-state index in [1.165, 1.54) is 35.5 Å². The molecule has 1 atom stereocenters. The lowest BCUT2D eigenvalue weighted by molar-refractivity contribution is -0.123. The van der Waals surface area contributed by atoms with Crippen LogP contribution in [0, 0.1) is 0 Å². The molecular formula is C15H21N5O5S. The number of primary amides is 1. The molecular weight excluding hydrogens is 362 g/mol. The van der Waals surface area contributed by atoms with E-state index in [2.05, 4.69) is 16.2 Å². The van der Waals surface area contributed by atoms with Crippen LogP contribution >= 0.6 is 0 Å². The van der Waals surface area contributed by atoms with Crippen LogP contribution < -0.4 is 21.9 Å². The predicted octanol–water partition coefficient (Wildman–Crippen LogP) is -0.711. The van der Waals surface area contributed by atoms with Crippen LogP contribution in [0.2, 0.25) is 0 Å². The average molecular weight is 383 g/mol. The topological polar surface area (TPSA) is 151 Å². The first-order chi connectivity index (χ1) is 12.2. The number of nitrogens with one attached hydrogen (secondary N) is 3. The molecule has 142 valence electrons. The van der Waals surface area contributed by atoms with Gasteiger partial charge in [-0.05, 0) is 44.0 Å². The van der Waals surface area contributed by atoms with Gasteiger partial charge in [-0.15, -0.1) is 0 Å². The number of carbonyl (C=O) groups is 3. The maximum Gasteiger partial charge on any atom is 0.312 e. The Hall–Kier alpha value is -2.66. The molecule has 1 aromatic rings. The van der Waals surface area contributed by atoms with Crippen molar-refractivity contribution in [2.75, 3.05) is 13.1 Å². The van der Waals surface area contributed by atoms with E-state index in [9.17, 15) is 22.8 Å². The first-order valence-corrected chi connectivity index (χ1v) is 9.42. The summed E-state index contributed by atoms with van der Waals surface area (Å²) in [4.78, 5) is 34.5. The van der Waals surface area contributed by atoms with Crippen LogP contribution in [-0.4, -0.2) is 49.7 Å².